The van der Waals surface area contributed by atoms with Gasteiger partial charge < -0.3 is 5.32 Å². The fraction of sp³-hybridized carbons (Fsp3) is 0.786. The summed E-state index contributed by atoms with van der Waals surface area (Å²) in [4.78, 5) is 28.3. The molecule has 1 atom stereocenters. The Morgan fingerprint density at radius 3 is 2.78 bits per heavy atom. The van der Waals surface area contributed by atoms with Gasteiger partial charge in [0, 0.05) is 19.1 Å². The SMILES string of the molecule is CC(C)N1C(=O)NC2(CCN(Cc3nnnn3C3CC3)C2)C1=O. The third-order valence-corrected chi connectivity index (χ3v) is 4.88. The molecule has 3 heterocycles. The molecule has 1 unspecified atom stereocenters. The smallest absolute Gasteiger partial charge is 0.322 e. The summed E-state index contributed by atoms with van der Waals surface area (Å²) >= 11 is 0. The molecule has 3 aliphatic rings. The highest BCUT2D eigenvalue weighted by molar-refractivity contribution is 6.07. The van der Waals surface area contributed by atoms with Crippen molar-refractivity contribution in [1.29, 1.82) is 0 Å². The van der Waals surface area contributed by atoms with Crippen LogP contribution in [0.15, 0.2) is 0 Å². The molecule has 3 fully saturated rings. The molecule has 23 heavy (non-hydrogen) atoms. The predicted octanol–water partition coefficient (Wildman–Crippen LogP) is -0.0873. The summed E-state index contributed by atoms with van der Waals surface area (Å²) in [5.41, 5.74) is -0.779. The van der Waals surface area contributed by atoms with E-state index in [-0.39, 0.29) is 18.0 Å². The lowest BCUT2D eigenvalue weighted by Gasteiger charge is -2.23. The standard InChI is InChI=1S/C14H21N7O2/c1-9(2)20-12(22)14(15-13(20)23)5-6-19(8-14)7-11-16-17-18-21(11)10-3-4-10/h9-10H,3-8H2,1-2H3,(H,15,23). The lowest BCUT2D eigenvalue weighted by Crippen LogP contribution is -2.49. The van der Waals surface area contributed by atoms with Crippen LogP contribution in [0.25, 0.3) is 0 Å². The molecule has 2 aliphatic heterocycles. The van der Waals surface area contributed by atoms with E-state index < -0.39 is 5.54 Å². The first-order chi connectivity index (χ1) is 11.0. The van der Waals surface area contributed by atoms with Crippen LogP contribution in [0.4, 0.5) is 4.79 Å². The van der Waals surface area contributed by atoms with Crippen LogP contribution in [0, 0.1) is 0 Å². The van der Waals surface area contributed by atoms with E-state index in [2.05, 4.69) is 25.7 Å². The molecule has 1 spiro atoms. The van der Waals surface area contributed by atoms with Crippen LogP contribution in [0.2, 0.25) is 0 Å². The Morgan fingerprint density at radius 2 is 2.13 bits per heavy atom. The first-order valence-corrected chi connectivity index (χ1v) is 8.15. The van der Waals surface area contributed by atoms with Crippen LogP contribution >= 0.6 is 0 Å². The summed E-state index contributed by atoms with van der Waals surface area (Å²) in [7, 11) is 0. The number of likely N-dealkylation sites (tertiary alicyclic amines) is 1. The molecule has 1 saturated carbocycles. The Morgan fingerprint density at radius 1 is 1.35 bits per heavy atom. The van der Waals surface area contributed by atoms with Crippen LogP contribution in [0.1, 0.15) is 45.0 Å². The average molecular weight is 319 g/mol. The third kappa shape index (κ3) is 2.30. The van der Waals surface area contributed by atoms with Gasteiger partial charge in [-0.1, -0.05) is 0 Å². The second-order valence-corrected chi connectivity index (χ2v) is 7.01. The molecule has 9 heteroatoms. The summed E-state index contributed by atoms with van der Waals surface area (Å²) in [6.45, 7) is 5.57. The van der Waals surface area contributed by atoms with Crippen molar-refractivity contribution in [3.8, 4) is 0 Å². The number of tetrazole rings is 1. The van der Waals surface area contributed by atoms with Crippen molar-refractivity contribution < 1.29 is 9.59 Å². The minimum Gasteiger partial charge on any atom is -0.322 e. The maximum atomic E-state index is 12.7. The highest BCUT2D eigenvalue weighted by Gasteiger charge is 2.55. The number of hydrogen-bond acceptors (Lipinski definition) is 6. The van der Waals surface area contributed by atoms with Gasteiger partial charge in [-0.2, -0.15) is 0 Å². The molecule has 3 amide bonds. The molecule has 2 saturated heterocycles. The lowest BCUT2D eigenvalue weighted by molar-refractivity contribution is -0.132. The number of carbonyl (C=O) groups is 2. The van der Waals surface area contributed by atoms with Crippen LogP contribution in [0.3, 0.4) is 0 Å². The number of nitrogens with zero attached hydrogens (tertiary/aromatic N) is 6. The maximum absolute atomic E-state index is 12.7. The Hall–Kier alpha value is -2.03. The van der Waals surface area contributed by atoms with E-state index >= 15 is 0 Å². The van der Waals surface area contributed by atoms with Gasteiger partial charge in [-0.3, -0.25) is 14.6 Å². The monoisotopic (exact) mass is 319 g/mol. The first kappa shape index (κ1) is 14.6. The van der Waals surface area contributed by atoms with Gasteiger partial charge in [0.05, 0.1) is 12.6 Å². The molecule has 9 nitrogen and oxygen atoms in total. The van der Waals surface area contributed by atoms with E-state index in [1.807, 2.05) is 18.5 Å². The molecular formula is C14H21N7O2. The van der Waals surface area contributed by atoms with Crippen molar-refractivity contribution in [3.63, 3.8) is 0 Å². The van der Waals surface area contributed by atoms with Gasteiger partial charge in [-0.25, -0.2) is 9.48 Å². The van der Waals surface area contributed by atoms with Crippen molar-refractivity contribution in [2.24, 2.45) is 0 Å². The number of carbonyl (C=O) groups excluding carboxylic acids is 2. The molecule has 0 aromatic carbocycles. The molecule has 1 N–H and O–H groups in total. The maximum Gasteiger partial charge on any atom is 0.325 e. The zero-order chi connectivity index (χ0) is 16.2. The van der Waals surface area contributed by atoms with Crippen molar-refractivity contribution in [3.05, 3.63) is 5.82 Å². The van der Waals surface area contributed by atoms with E-state index in [1.54, 1.807) is 0 Å². The zero-order valence-electron chi connectivity index (χ0n) is 13.4. The highest BCUT2D eigenvalue weighted by atomic mass is 16.2. The first-order valence-electron chi connectivity index (χ1n) is 8.15. The van der Waals surface area contributed by atoms with Crippen LogP contribution in [0.5, 0.6) is 0 Å². The number of hydrogen-bond donors (Lipinski definition) is 1. The molecule has 124 valence electrons. The summed E-state index contributed by atoms with van der Waals surface area (Å²) in [5, 5.41) is 14.8. The average Bonchev–Trinajstić information content (AvgIpc) is 3.00. The number of imide groups is 1. The van der Waals surface area contributed by atoms with Crippen LogP contribution in [-0.2, 0) is 11.3 Å². The normalized spacial score (nSPS) is 28.4. The Labute approximate surface area is 134 Å². The second kappa shape index (κ2) is 4.98. The van der Waals surface area contributed by atoms with Crippen molar-refractivity contribution in [1.82, 2.24) is 35.3 Å². The lowest BCUT2D eigenvalue weighted by atomic mass is 9.98. The van der Waals surface area contributed by atoms with E-state index in [4.69, 9.17) is 0 Å². The van der Waals surface area contributed by atoms with Gasteiger partial charge >= 0.3 is 6.03 Å². The molecule has 0 radical (unpaired) electrons. The number of rotatable bonds is 4. The summed E-state index contributed by atoms with van der Waals surface area (Å²) in [5.74, 6) is 0.726. The van der Waals surface area contributed by atoms with Crippen molar-refractivity contribution in [2.45, 2.75) is 57.3 Å². The van der Waals surface area contributed by atoms with E-state index in [1.165, 1.54) is 4.90 Å². The molecule has 0 bridgehead atoms. The van der Waals surface area contributed by atoms with Gasteiger partial charge in [0.25, 0.3) is 5.91 Å². The fourth-order valence-electron chi connectivity index (χ4n) is 3.53. The summed E-state index contributed by atoms with van der Waals surface area (Å²) in [6.07, 6.45) is 2.88. The van der Waals surface area contributed by atoms with Gasteiger partial charge in [0.15, 0.2) is 5.82 Å². The Kier molecular flexibility index (Phi) is 3.15. The topological polar surface area (TPSA) is 96.2 Å². The van der Waals surface area contributed by atoms with Crippen LogP contribution < -0.4 is 5.32 Å². The minimum atomic E-state index is -0.779. The van der Waals surface area contributed by atoms with Gasteiger partial charge in [0.2, 0.25) is 0 Å². The fourth-order valence-corrected chi connectivity index (χ4v) is 3.53. The Balaban J connectivity index is 1.48. The Bertz CT molecular complexity index is 653. The number of nitrogens with one attached hydrogen (secondary N) is 1. The van der Waals surface area contributed by atoms with E-state index in [9.17, 15) is 9.59 Å². The predicted molar refractivity (Wildman–Crippen MR) is 79.2 cm³/mol. The van der Waals surface area contributed by atoms with Gasteiger partial charge in [-0.15, -0.1) is 5.10 Å². The summed E-state index contributed by atoms with van der Waals surface area (Å²) in [6, 6.07) is 0.0218. The number of amides is 3. The van der Waals surface area contributed by atoms with E-state index in [0.29, 0.717) is 25.6 Å². The molecule has 1 aliphatic carbocycles. The molecular weight excluding hydrogens is 298 g/mol. The number of aromatic nitrogens is 4. The number of urea groups is 1. The third-order valence-electron chi connectivity index (χ3n) is 4.88. The van der Waals surface area contributed by atoms with Gasteiger partial charge in [-0.05, 0) is 43.5 Å². The van der Waals surface area contributed by atoms with Crippen molar-refractivity contribution >= 4 is 11.9 Å². The highest BCUT2D eigenvalue weighted by Crippen LogP contribution is 2.35. The molecule has 4 rings (SSSR count). The molecule has 1 aromatic heterocycles. The largest absolute Gasteiger partial charge is 0.325 e. The second-order valence-electron chi connectivity index (χ2n) is 7.01. The zero-order valence-corrected chi connectivity index (χ0v) is 13.4. The van der Waals surface area contributed by atoms with E-state index in [0.717, 1.165) is 25.2 Å². The van der Waals surface area contributed by atoms with Crippen LogP contribution in [-0.4, -0.2) is 66.6 Å². The van der Waals surface area contributed by atoms with Gasteiger partial charge in [0.1, 0.15) is 5.54 Å². The van der Waals surface area contributed by atoms with Crippen molar-refractivity contribution in [2.75, 3.05) is 13.1 Å². The molecule has 1 aromatic rings. The summed E-state index contributed by atoms with van der Waals surface area (Å²) < 4.78 is 1.89. The quantitative estimate of drug-likeness (QED) is 0.779. The minimum absolute atomic E-state index is 0.109.